The first-order chi connectivity index (χ1) is 15.1. The Bertz CT molecular complexity index is 917. The minimum atomic E-state index is -0.133. The number of aromatic nitrogens is 1. The topological polar surface area (TPSA) is 66.0 Å². The average molecular weight is 443 g/mol. The highest BCUT2D eigenvalue weighted by Gasteiger charge is 2.31. The minimum Gasteiger partial charge on any atom is -0.496 e. The first kappa shape index (κ1) is 21.8. The molecule has 1 atom stereocenters. The van der Waals surface area contributed by atoms with Crippen molar-refractivity contribution in [3.05, 3.63) is 35.3 Å². The number of nitrogens with zero attached hydrogens (tertiary/aromatic N) is 4. The van der Waals surface area contributed by atoms with Gasteiger partial charge in [-0.1, -0.05) is 12.1 Å². The van der Waals surface area contributed by atoms with Crippen molar-refractivity contribution in [2.75, 3.05) is 46.4 Å². The Morgan fingerprint density at radius 2 is 1.71 bits per heavy atom. The summed E-state index contributed by atoms with van der Waals surface area (Å²) in [6, 6.07) is 7.56. The lowest BCUT2D eigenvalue weighted by Crippen LogP contribution is -2.56. The molecular weight excluding hydrogens is 412 g/mol. The number of rotatable bonds is 5. The Balaban J connectivity index is 1.35. The van der Waals surface area contributed by atoms with Crippen LogP contribution < -0.4 is 4.74 Å². The number of amides is 2. The van der Waals surface area contributed by atoms with Gasteiger partial charge >= 0.3 is 0 Å². The molecule has 4 rings (SSSR count). The third-order valence-corrected chi connectivity index (χ3v) is 7.11. The highest BCUT2D eigenvalue weighted by Crippen LogP contribution is 2.32. The number of ether oxygens (including phenoxy) is 1. The minimum absolute atomic E-state index is 0.0490. The molecule has 0 radical (unpaired) electrons. The van der Waals surface area contributed by atoms with Crippen molar-refractivity contribution in [2.24, 2.45) is 0 Å². The summed E-state index contributed by atoms with van der Waals surface area (Å²) in [5, 5.41) is 2.60. The molecule has 1 unspecified atom stereocenters. The molecule has 2 fully saturated rings. The first-order valence-corrected chi connectivity index (χ1v) is 11.9. The zero-order valence-corrected chi connectivity index (χ0v) is 19.1. The van der Waals surface area contributed by atoms with E-state index in [1.54, 1.807) is 7.11 Å². The zero-order chi connectivity index (χ0) is 21.8. The molecule has 31 heavy (non-hydrogen) atoms. The highest BCUT2D eigenvalue weighted by molar-refractivity contribution is 7.13. The molecule has 0 N–H and O–H groups in total. The fourth-order valence-electron chi connectivity index (χ4n) is 4.33. The van der Waals surface area contributed by atoms with Gasteiger partial charge in [0, 0.05) is 44.6 Å². The fraction of sp³-hybridized carbons (Fsp3) is 0.522. The van der Waals surface area contributed by atoms with Gasteiger partial charge in [-0.25, -0.2) is 4.98 Å². The number of piperazine rings is 1. The first-order valence-electron chi connectivity index (χ1n) is 11.0. The van der Waals surface area contributed by atoms with Gasteiger partial charge in [0.15, 0.2) is 0 Å². The van der Waals surface area contributed by atoms with Crippen LogP contribution in [0, 0.1) is 0 Å². The lowest BCUT2D eigenvalue weighted by atomic mass is 10.1. The van der Waals surface area contributed by atoms with Gasteiger partial charge in [0.25, 0.3) is 5.91 Å². The molecular formula is C23H30N4O3S. The summed E-state index contributed by atoms with van der Waals surface area (Å²) in [4.78, 5) is 36.4. The van der Waals surface area contributed by atoms with Crippen molar-refractivity contribution in [1.29, 1.82) is 0 Å². The maximum Gasteiger partial charge on any atom is 0.273 e. The molecule has 3 heterocycles. The van der Waals surface area contributed by atoms with E-state index in [0.717, 1.165) is 42.3 Å². The van der Waals surface area contributed by atoms with Gasteiger partial charge in [0.1, 0.15) is 16.5 Å². The van der Waals surface area contributed by atoms with Crippen molar-refractivity contribution in [2.45, 2.75) is 32.2 Å². The molecule has 1 aromatic carbocycles. The van der Waals surface area contributed by atoms with Crippen molar-refractivity contribution in [3.63, 3.8) is 0 Å². The molecule has 8 heteroatoms. The number of para-hydroxylation sites is 1. The number of hydrogen-bond donors (Lipinski definition) is 0. The van der Waals surface area contributed by atoms with E-state index >= 15 is 0 Å². The van der Waals surface area contributed by atoms with E-state index in [2.05, 4.69) is 9.88 Å². The number of thiazole rings is 1. The van der Waals surface area contributed by atoms with E-state index in [1.165, 1.54) is 17.8 Å². The van der Waals surface area contributed by atoms with Crippen LogP contribution in [0.2, 0.25) is 0 Å². The van der Waals surface area contributed by atoms with Crippen LogP contribution in [0.1, 0.15) is 36.7 Å². The van der Waals surface area contributed by atoms with Gasteiger partial charge in [-0.2, -0.15) is 0 Å². The van der Waals surface area contributed by atoms with Crippen LogP contribution in [-0.2, 0) is 4.79 Å². The van der Waals surface area contributed by atoms with Crippen molar-refractivity contribution in [1.82, 2.24) is 19.7 Å². The largest absolute Gasteiger partial charge is 0.496 e. The number of carbonyl (C=O) groups excluding carboxylic acids is 2. The van der Waals surface area contributed by atoms with Crippen LogP contribution in [0.5, 0.6) is 5.75 Å². The number of carbonyl (C=O) groups is 2. The van der Waals surface area contributed by atoms with E-state index in [1.807, 2.05) is 46.4 Å². The van der Waals surface area contributed by atoms with Gasteiger partial charge in [0.05, 0.1) is 18.7 Å². The van der Waals surface area contributed by atoms with Crippen molar-refractivity contribution >= 4 is 23.2 Å². The third kappa shape index (κ3) is 4.75. The molecule has 2 aliphatic heterocycles. The molecule has 2 aliphatic rings. The number of methoxy groups -OCH3 is 1. The van der Waals surface area contributed by atoms with E-state index in [-0.39, 0.29) is 17.9 Å². The van der Waals surface area contributed by atoms with E-state index in [0.29, 0.717) is 31.9 Å². The Kier molecular flexibility index (Phi) is 6.87. The normalized spacial score (nSPS) is 18.6. The van der Waals surface area contributed by atoms with Gasteiger partial charge in [0.2, 0.25) is 5.91 Å². The van der Waals surface area contributed by atoms with Gasteiger partial charge in [-0.05, 0) is 38.3 Å². The molecule has 0 bridgehead atoms. The Labute approximate surface area is 187 Å². The molecule has 2 amide bonds. The summed E-state index contributed by atoms with van der Waals surface area (Å²) in [6.07, 6.45) is 3.42. The molecule has 0 saturated carbocycles. The maximum atomic E-state index is 13.0. The number of benzene rings is 1. The van der Waals surface area contributed by atoms with Crippen LogP contribution in [-0.4, -0.2) is 83.9 Å². The van der Waals surface area contributed by atoms with Crippen LogP contribution >= 0.6 is 11.3 Å². The van der Waals surface area contributed by atoms with Crippen LogP contribution in [0.4, 0.5) is 0 Å². The molecule has 0 aliphatic carbocycles. The number of hydrogen-bond acceptors (Lipinski definition) is 6. The van der Waals surface area contributed by atoms with E-state index in [9.17, 15) is 9.59 Å². The van der Waals surface area contributed by atoms with Gasteiger partial charge < -0.3 is 14.5 Å². The summed E-state index contributed by atoms with van der Waals surface area (Å²) < 4.78 is 5.42. The molecule has 7 nitrogen and oxygen atoms in total. The fourth-order valence-corrected chi connectivity index (χ4v) is 5.15. The summed E-state index contributed by atoms with van der Waals surface area (Å²) in [5.41, 5.74) is 1.36. The standard InChI is InChI=1S/C23H30N4O3S/c1-17(22(28)26-10-6-3-7-11-26)25-12-14-27(15-13-25)23(29)19-16-31-21(24-19)18-8-4-5-9-20(18)30-2/h4-5,8-9,16-17H,3,6-7,10-15H2,1-2H3. The Morgan fingerprint density at radius 1 is 1.00 bits per heavy atom. The number of piperidine rings is 1. The average Bonchev–Trinajstić information content (AvgIpc) is 3.33. The Hall–Kier alpha value is -2.45. The van der Waals surface area contributed by atoms with E-state index in [4.69, 9.17) is 4.74 Å². The third-order valence-electron chi connectivity index (χ3n) is 6.24. The Morgan fingerprint density at radius 3 is 2.42 bits per heavy atom. The second-order valence-corrected chi connectivity index (χ2v) is 8.99. The SMILES string of the molecule is COc1ccccc1-c1nc(C(=O)N2CCN(C(C)C(=O)N3CCCCC3)CC2)cs1. The van der Waals surface area contributed by atoms with E-state index < -0.39 is 0 Å². The molecule has 2 aromatic rings. The van der Waals surface area contributed by atoms with Gasteiger partial charge in [-0.15, -0.1) is 11.3 Å². The number of likely N-dealkylation sites (tertiary alicyclic amines) is 1. The molecule has 0 spiro atoms. The predicted octanol–water partition coefficient (Wildman–Crippen LogP) is 2.98. The lowest BCUT2D eigenvalue weighted by molar-refractivity contribution is -0.137. The molecule has 2 saturated heterocycles. The van der Waals surface area contributed by atoms with Crippen LogP contribution in [0.3, 0.4) is 0 Å². The van der Waals surface area contributed by atoms with Gasteiger partial charge in [-0.3, -0.25) is 14.5 Å². The van der Waals surface area contributed by atoms with Crippen LogP contribution in [0.25, 0.3) is 10.6 Å². The second kappa shape index (κ2) is 9.78. The van der Waals surface area contributed by atoms with Crippen LogP contribution in [0.15, 0.2) is 29.6 Å². The maximum absolute atomic E-state index is 13.0. The lowest BCUT2D eigenvalue weighted by Gasteiger charge is -2.39. The zero-order valence-electron chi connectivity index (χ0n) is 18.2. The monoisotopic (exact) mass is 442 g/mol. The summed E-state index contributed by atoms with van der Waals surface area (Å²) >= 11 is 1.45. The molecule has 166 valence electrons. The quantitative estimate of drug-likeness (QED) is 0.712. The summed E-state index contributed by atoms with van der Waals surface area (Å²) in [5.74, 6) is 0.921. The van der Waals surface area contributed by atoms with Crippen molar-refractivity contribution < 1.29 is 14.3 Å². The highest BCUT2D eigenvalue weighted by atomic mass is 32.1. The predicted molar refractivity (Wildman–Crippen MR) is 121 cm³/mol. The summed E-state index contributed by atoms with van der Waals surface area (Å²) in [7, 11) is 1.63. The smallest absolute Gasteiger partial charge is 0.273 e. The molecule has 1 aromatic heterocycles. The second-order valence-electron chi connectivity index (χ2n) is 8.13. The van der Waals surface area contributed by atoms with Crippen molar-refractivity contribution in [3.8, 4) is 16.3 Å². The summed E-state index contributed by atoms with van der Waals surface area (Å²) in [6.45, 7) is 6.37.